The standard InChI is InChI=1S/C34H30FN3O6/c1-21-11-13-22(14-12-21)19-38(30(39)20-37-28-10-5-4-9-26(28)32(40)34(37)42)31(23-7-6-8-24(35)17-23)33(41)36-27-16-15-25(43-2)18-29(27)44-3/h4-18,31H,19-20H2,1-3H3,(H,36,41). The number of amides is 3. The first kappa shape index (κ1) is 30.0. The van der Waals surface area contributed by atoms with E-state index in [9.17, 15) is 23.6 Å². The van der Waals surface area contributed by atoms with Crippen molar-refractivity contribution in [3.8, 4) is 11.5 Å². The van der Waals surface area contributed by atoms with E-state index >= 15 is 0 Å². The minimum absolute atomic E-state index is 0.0505. The van der Waals surface area contributed by atoms with Gasteiger partial charge in [-0.2, -0.15) is 0 Å². The average Bonchev–Trinajstić information content (AvgIpc) is 3.26. The molecule has 4 aromatic rings. The monoisotopic (exact) mass is 595 g/mol. The van der Waals surface area contributed by atoms with E-state index in [4.69, 9.17) is 9.47 Å². The third-order valence-electron chi connectivity index (χ3n) is 7.36. The van der Waals surface area contributed by atoms with Gasteiger partial charge >= 0.3 is 0 Å². The van der Waals surface area contributed by atoms with Crippen LogP contribution >= 0.6 is 0 Å². The van der Waals surface area contributed by atoms with E-state index in [2.05, 4.69) is 5.32 Å². The number of carbonyl (C=O) groups excluding carboxylic acids is 4. The lowest BCUT2D eigenvalue weighted by atomic mass is 10.0. The van der Waals surface area contributed by atoms with Crippen molar-refractivity contribution in [1.82, 2.24) is 4.90 Å². The number of anilines is 2. The fraction of sp³-hybridized carbons (Fsp3) is 0.176. The van der Waals surface area contributed by atoms with Gasteiger partial charge in [-0.05, 0) is 54.4 Å². The van der Waals surface area contributed by atoms with Gasteiger partial charge in [-0.1, -0.05) is 54.1 Å². The van der Waals surface area contributed by atoms with Crippen LogP contribution in [0, 0.1) is 12.7 Å². The maximum absolute atomic E-state index is 14.6. The van der Waals surface area contributed by atoms with Gasteiger partial charge in [-0.25, -0.2) is 4.39 Å². The van der Waals surface area contributed by atoms with E-state index in [-0.39, 0.29) is 17.7 Å². The molecule has 9 nitrogen and oxygen atoms in total. The van der Waals surface area contributed by atoms with Crippen LogP contribution in [0.5, 0.6) is 11.5 Å². The van der Waals surface area contributed by atoms with Crippen LogP contribution in [0.15, 0.2) is 91.0 Å². The molecule has 4 aromatic carbocycles. The van der Waals surface area contributed by atoms with Gasteiger partial charge in [0.2, 0.25) is 5.91 Å². The highest BCUT2D eigenvalue weighted by Crippen LogP contribution is 2.33. The summed E-state index contributed by atoms with van der Waals surface area (Å²) in [6.07, 6.45) is 0. The molecule has 1 aliphatic rings. The lowest BCUT2D eigenvalue weighted by Gasteiger charge is -2.33. The molecule has 0 aromatic heterocycles. The quantitative estimate of drug-likeness (QED) is 0.256. The van der Waals surface area contributed by atoms with E-state index in [1.165, 1.54) is 43.4 Å². The average molecular weight is 596 g/mol. The molecular formula is C34H30FN3O6. The second-order valence-corrected chi connectivity index (χ2v) is 10.3. The Labute approximate surface area is 253 Å². The first-order valence-electron chi connectivity index (χ1n) is 13.8. The Bertz CT molecular complexity index is 1740. The number of ether oxygens (including phenoxy) is 2. The van der Waals surface area contributed by atoms with Crippen molar-refractivity contribution in [3.05, 3.63) is 119 Å². The molecule has 1 N–H and O–H groups in total. The van der Waals surface area contributed by atoms with Crippen molar-refractivity contribution in [2.45, 2.75) is 19.5 Å². The van der Waals surface area contributed by atoms with Crippen LogP contribution in [0.25, 0.3) is 0 Å². The third-order valence-corrected chi connectivity index (χ3v) is 7.36. The lowest BCUT2D eigenvalue weighted by Crippen LogP contribution is -2.46. The number of Topliss-reactive ketones (excluding diaryl/α,β-unsaturated/α-hetero) is 1. The molecule has 1 aliphatic heterocycles. The molecular weight excluding hydrogens is 565 g/mol. The first-order chi connectivity index (χ1) is 21.2. The summed E-state index contributed by atoms with van der Waals surface area (Å²) in [5.74, 6) is -2.63. The van der Waals surface area contributed by atoms with Crippen molar-refractivity contribution in [1.29, 1.82) is 0 Å². The van der Waals surface area contributed by atoms with E-state index in [1.54, 1.807) is 42.5 Å². The molecule has 0 radical (unpaired) electrons. The number of aryl methyl sites for hydroxylation is 1. The summed E-state index contributed by atoms with van der Waals surface area (Å²) in [6, 6.07) is 22.7. The number of hydrogen-bond donors (Lipinski definition) is 1. The smallest absolute Gasteiger partial charge is 0.299 e. The highest BCUT2D eigenvalue weighted by Gasteiger charge is 2.39. The first-order valence-corrected chi connectivity index (χ1v) is 13.8. The SMILES string of the molecule is COc1ccc(NC(=O)C(c2cccc(F)c2)N(Cc2ccc(C)cc2)C(=O)CN2C(=O)C(=O)c3ccccc32)c(OC)c1. The number of methoxy groups -OCH3 is 2. The molecule has 0 fully saturated rings. The molecule has 0 saturated carbocycles. The van der Waals surface area contributed by atoms with E-state index in [0.717, 1.165) is 10.5 Å². The van der Waals surface area contributed by atoms with Gasteiger partial charge in [0.1, 0.15) is 29.9 Å². The molecule has 224 valence electrons. The number of rotatable bonds is 10. The molecule has 1 heterocycles. The number of hydrogen-bond acceptors (Lipinski definition) is 6. The van der Waals surface area contributed by atoms with Gasteiger partial charge in [0.25, 0.3) is 17.6 Å². The predicted octanol–water partition coefficient (Wildman–Crippen LogP) is 5.09. The largest absolute Gasteiger partial charge is 0.497 e. The summed E-state index contributed by atoms with van der Waals surface area (Å²) in [6.45, 7) is 1.36. The molecule has 5 rings (SSSR count). The Morgan fingerprint density at radius 1 is 0.909 bits per heavy atom. The zero-order valence-electron chi connectivity index (χ0n) is 24.4. The minimum Gasteiger partial charge on any atom is -0.497 e. The van der Waals surface area contributed by atoms with Crippen molar-refractivity contribution >= 4 is 34.9 Å². The molecule has 0 bridgehead atoms. The Kier molecular flexibility index (Phi) is 8.71. The Morgan fingerprint density at radius 2 is 1.66 bits per heavy atom. The Hall–Kier alpha value is -5.51. The number of nitrogens with zero attached hydrogens (tertiary/aromatic N) is 2. The number of ketones is 1. The molecule has 1 unspecified atom stereocenters. The van der Waals surface area contributed by atoms with Crippen molar-refractivity contribution in [2.24, 2.45) is 0 Å². The second-order valence-electron chi connectivity index (χ2n) is 10.3. The number of benzene rings is 4. The number of para-hydroxylation sites is 1. The van der Waals surface area contributed by atoms with Crippen molar-refractivity contribution in [2.75, 3.05) is 31.0 Å². The van der Waals surface area contributed by atoms with Crippen molar-refractivity contribution < 1.29 is 33.0 Å². The van der Waals surface area contributed by atoms with Gasteiger partial charge in [0.15, 0.2) is 0 Å². The second kappa shape index (κ2) is 12.8. The van der Waals surface area contributed by atoms with Gasteiger partial charge in [-0.3, -0.25) is 24.1 Å². The minimum atomic E-state index is -1.34. The number of carbonyl (C=O) groups is 4. The van der Waals surface area contributed by atoms with E-state index < -0.39 is 41.9 Å². The van der Waals surface area contributed by atoms with E-state index in [1.807, 2.05) is 31.2 Å². The topological polar surface area (TPSA) is 105 Å². The normalized spacial score (nSPS) is 12.9. The summed E-state index contributed by atoms with van der Waals surface area (Å²) in [5.41, 5.74) is 2.71. The summed E-state index contributed by atoms with van der Waals surface area (Å²) in [4.78, 5) is 56.3. The highest BCUT2D eigenvalue weighted by molar-refractivity contribution is 6.52. The predicted molar refractivity (Wildman–Crippen MR) is 162 cm³/mol. The third kappa shape index (κ3) is 6.14. The zero-order valence-corrected chi connectivity index (χ0v) is 24.4. The van der Waals surface area contributed by atoms with Crippen LogP contribution in [0.3, 0.4) is 0 Å². The summed E-state index contributed by atoms with van der Waals surface area (Å²) >= 11 is 0. The fourth-order valence-electron chi connectivity index (χ4n) is 5.10. The van der Waals surface area contributed by atoms with Crippen LogP contribution < -0.4 is 19.7 Å². The summed E-state index contributed by atoms with van der Waals surface area (Å²) < 4.78 is 25.3. The van der Waals surface area contributed by atoms with Gasteiger partial charge in [0, 0.05) is 12.6 Å². The molecule has 44 heavy (non-hydrogen) atoms. The highest BCUT2D eigenvalue weighted by atomic mass is 19.1. The van der Waals surface area contributed by atoms with Gasteiger partial charge in [-0.15, -0.1) is 0 Å². The molecule has 0 spiro atoms. The van der Waals surface area contributed by atoms with Crippen LogP contribution in [0.1, 0.15) is 33.1 Å². The van der Waals surface area contributed by atoms with E-state index in [0.29, 0.717) is 28.4 Å². The maximum Gasteiger partial charge on any atom is 0.299 e. The summed E-state index contributed by atoms with van der Waals surface area (Å²) in [7, 11) is 2.94. The maximum atomic E-state index is 14.6. The molecule has 10 heteroatoms. The Balaban J connectivity index is 1.57. The molecule has 0 aliphatic carbocycles. The zero-order chi connectivity index (χ0) is 31.4. The molecule has 0 saturated heterocycles. The number of fused-ring (bicyclic) bond motifs is 1. The van der Waals surface area contributed by atoms with Crippen molar-refractivity contribution in [3.63, 3.8) is 0 Å². The lowest BCUT2D eigenvalue weighted by molar-refractivity contribution is -0.139. The van der Waals surface area contributed by atoms with Crippen LogP contribution in [0.4, 0.5) is 15.8 Å². The van der Waals surface area contributed by atoms with Gasteiger partial charge < -0.3 is 19.7 Å². The van der Waals surface area contributed by atoms with Crippen LogP contribution in [-0.4, -0.2) is 49.2 Å². The molecule has 1 atom stereocenters. The number of nitrogens with one attached hydrogen (secondary N) is 1. The number of halogens is 1. The molecule has 3 amide bonds. The Morgan fingerprint density at radius 3 is 2.36 bits per heavy atom. The fourth-order valence-corrected chi connectivity index (χ4v) is 5.10. The summed E-state index contributed by atoms with van der Waals surface area (Å²) in [5, 5.41) is 2.82. The van der Waals surface area contributed by atoms with Crippen LogP contribution in [0.2, 0.25) is 0 Å². The van der Waals surface area contributed by atoms with Gasteiger partial charge in [0.05, 0.1) is 31.2 Å². The van der Waals surface area contributed by atoms with Crippen LogP contribution in [-0.2, 0) is 20.9 Å².